The first kappa shape index (κ1) is 29.3. The van der Waals surface area contributed by atoms with Gasteiger partial charge in [-0.1, -0.05) is 30.3 Å². The molecule has 2 aromatic carbocycles. The summed E-state index contributed by atoms with van der Waals surface area (Å²) in [6.07, 6.45) is -2.18. The number of H-pyrrole nitrogens is 1. The van der Waals surface area contributed by atoms with Crippen molar-refractivity contribution < 1.29 is 32.2 Å². The smallest absolute Gasteiger partial charge is 0.444 e. The quantitative estimate of drug-likeness (QED) is 0.330. The van der Waals surface area contributed by atoms with Gasteiger partial charge >= 0.3 is 12.5 Å². The molecule has 2 amide bonds. The molecule has 216 valence electrons. The molecule has 1 aliphatic carbocycles. The van der Waals surface area contributed by atoms with E-state index in [4.69, 9.17) is 4.74 Å². The Labute approximate surface area is 232 Å². The van der Waals surface area contributed by atoms with Gasteiger partial charge in [0.1, 0.15) is 17.0 Å². The molecule has 2 atom stereocenters. The highest BCUT2D eigenvalue weighted by atomic mass is 19.4. The maximum atomic E-state index is 13.6. The van der Waals surface area contributed by atoms with E-state index in [0.29, 0.717) is 30.4 Å². The fourth-order valence-corrected chi connectivity index (χ4v) is 5.29. The standard InChI is InChI=1S/C30H36F3N3O4/c1-5-35(27(37)26-17-21-16-24(39-30(31,32)33)14-15-25(21)34-26)22-12-9-13-23(18-22)36(28(38)40-29(2,3)4)19-20-10-7-6-8-11-20/h6-8,10-11,14-17,22-23,34H,5,9,12-13,18-19H2,1-4H3/t22-,23+/m0/s1. The van der Waals surface area contributed by atoms with Gasteiger partial charge in [-0.2, -0.15) is 0 Å². The van der Waals surface area contributed by atoms with E-state index >= 15 is 0 Å². The lowest BCUT2D eigenvalue weighted by Gasteiger charge is -2.41. The van der Waals surface area contributed by atoms with Crippen LogP contribution in [0.4, 0.5) is 18.0 Å². The summed E-state index contributed by atoms with van der Waals surface area (Å²) >= 11 is 0. The fourth-order valence-electron chi connectivity index (χ4n) is 5.29. The van der Waals surface area contributed by atoms with E-state index in [2.05, 4.69) is 9.72 Å². The molecular weight excluding hydrogens is 523 g/mol. The summed E-state index contributed by atoms with van der Waals surface area (Å²) in [5.41, 5.74) is 1.17. The molecule has 1 saturated carbocycles. The third kappa shape index (κ3) is 7.49. The summed E-state index contributed by atoms with van der Waals surface area (Å²) in [6.45, 7) is 8.26. The molecule has 10 heteroatoms. The van der Waals surface area contributed by atoms with E-state index in [1.54, 1.807) is 15.9 Å². The molecule has 1 N–H and O–H groups in total. The van der Waals surface area contributed by atoms with Crippen molar-refractivity contribution in [2.24, 2.45) is 0 Å². The number of rotatable bonds is 7. The molecule has 1 aromatic heterocycles. The maximum absolute atomic E-state index is 13.6. The number of aromatic nitrogens is 1. The first-order valence-electron chi connectivity index (χ1n) is 13.6. The molecule has 0 radical (unpaired) electrons. The topological polar surface area (TPSA) is 74.9 Å². The number of hydrogen-bond acceptors (Lipinski definition) is 4. The summed E-state index contributed by atoms with van der Waals surface area (Å²) in [7, 11) is 0. The van der Waals surface area contributed by atoms with Gasteiger partial charge in [0.25, 0.3) is 5.91 Å². The molecule has 0 saturated heterocycles. The first-order valence-corrected chi connectivity index (χ1v) is 13.6. The van der Waals surface area contributed by atoms with Crippen molar-refractivity contribution in [1.29, 1.82) is 0 Å². The number of nitrogens with one attached hydrogen (secondary N) is 1. The summed E-state index contributed by atoms with van der Waals surface area (Å²) in [6, 6.07) is 15.0. The second-order valence-corrected chi connectivity index (χ2v) is 11.1. The molecule has 4 rings (SSSR count). The Hall–Kier alpha value is -3.69. The third-order valence-corrected chi connectivity index (χ3v) is 6.98. The molecule has 0 aliphatic heterocycles. The van der Waals surface area contributed by atoms with Crippen molar-refractivity contribution in [3.05, 3.63) is 65.9 Å². The Kier molecular flexibility index (Phi) is 8.65. The molecule has 1 aliphatic rings. The van der Waals surface area contributed by atoms with Gasteiger partial charge < -0.3 is 24.3 Å². The van der Waals surface area contributed by atoms with Crippen LogP contribution in [0.1, 0.15) is 69.4 Å². The van der Waals surface area contributed by atoms with E-state index in [1.807, 2.05) is 58.0 Å². The lowest BCUT2D eigenvalue weighted by molar-refractivity contribution is -0.274. The van der Waals surface area contributed by atoms with Gasteiger partial charge in [-0.25, -0.2) is 4.79 Å². The van der Waals surface area contributed by atoms with Gasteiger partial charge in [-0.15, -0.1) is 13.2 Å². The van der Waals surface area contributed by atoms with Crippen LogP contribution in [0.2, 0.25) is 0 Å². The summed E-state index contributed by atoms with van der Waals surface area (Å²) in [4.78, 5) is 33.5. The molecule has 0 bridgehead atoms. The number of nitrogens with zero attached hydrogens (tertiary/aromatic N) is 2. The van der Waals surface area contributed by atoms with E-state index in [1.165, 1.54) is 18.2 Å². The lowest BCUT2D eigenvalue weighted by Crippen LogP contribution is -2.50. The van der Waals surface area contributed by atoms with Crippen molar-refractivity contribution in [2.75, 3.05) is 6.54 Å². The second-order valence-electron chi connectivity index (χ2n) is 11.1. The van der Waals surface area contributed by atoms with Crippen molar-refractivity contribution in [3.63, 3.8) is 0 Å². The normalized spacial score (nSPS) is 17.9. The molecule has 1 fully saturated rings. The zero-order valence-electron chi connectivity index (χ0n) is 23.3. The minimum absolute atomic E-state index is 0.118. The Balaban J connectivity index is 1.54. The Morgan fingerprint density at radius 3 is 2.27 bits per heavy atom. The Morgan fingerprint density at radius 1 is 0.975 bits per heavy atom. The van der Waals surface area contributed by atoms with E-state index < -0.39 is 12.0 Å². The Bertz CT molecular complexity index is 1320. The van der Waals surface area contributed by atoms with E-state index in [-0.39, 0.29) is 35.5 Å². The molecule has 1 heterocycles. The number of amides is 2. The summed E-state index contributed by atoms with van der Waals surface area (Å²) in [5, 5.41) is 0.446. The number of hydrogen-bond donors (Lipinski definition) is 1. The minimum atomic E-state index is -4.80. The number of alkyl halides is 3. The maximum Gasteiger partial charge on any atom is 0.573 e. The Morgan fingerprint density at radius 2 is 1.65 bits per heavy atom. The lowest BCUT2D eigenvalue weighted by atomic mass is 9.88. The number of benzene rings is 2. The monoisotopic (exact) mass is 559 g/mol. The van der Waals surface area contributed by atoms with Gasteiger partial charge in [0, 0.05) is 36.1 Å². The summed E-state index contributed by atoms with van der Waals surface area (Å²) in [5.74, 6) is -0.587. The van der Waals surface area contributed by atoms with E-state index in [9.17, 15) is 22.8 Å². The highest BCUT2D eigenvalue weighted by Crippen LogP contribution is 2.31. The SMILES string of the molecule is CCN(C(=O)c1cc2cc(OC(F)(F)F)ccc2[nH]1)[C@H]1CCC[C@@H](N(Cc2ccccc2)C(=O)OC(C)(C)C)C1. The number of fused-ring (bicyclic) bond motifs is 1. The molecule has 0 spiro atoms. The van der Waals surface area contributed by atoms with Crippen LogP contribution in [0, 0.1) is 0 Å². The van der Waals surface area contributed by atoms with Crippen molar-refractivity contribution in [2.45, 2.75) is 84.0 Å². The fraction of sp³-hybridized carbons (Fsp3) is 0.467. The van der Waals surface area contributed by atoms with Gasteiger partial charge in [0.05, 0.1) is 0 Å². The largest absolute Gasteiger partial charge is 0.573 e. The molecule has 7 nitrogen and oxygen atoms in total. The zero-order chi connectivity index (χ0) is 29.1. The number of ether oxygens (including phenoxy) is 2. The van der Waals surface area contributed by atoms with Gasteiger partial charge in [0.2, 0.25) is 0 Å². The predicted octanol–water partition coefficient (Wildman–Crippen LogP) is 7.28. The van der Waals surface area contributed by atoms with Gasteiger partial charge in [0.15, 0.2) is 0 Å². The van der Waals surface area contributed by atoms with Gasteiger partial charge in [-0.05, 0) is 83.2 Å². The van der Waals surface area contributed by atoms with Crippen molar-refractivity contribution >= 4 is 22.9 Å². The van der Waals surface area contributed by atoms with Crippen molar-refractivity contribution in [3.8, 4) is 5.75 Å². The highest BCUT2D eigenvalue weighted by Gasteiger charge is 2.36. The summed E-state index contributed by atoms with van der Waals surface area (Å²) < 4.78 is 47.7. The van der Waals surface area contributed by atoms with Crippen molar-refractivity contribution in [1.82, 2.24) is 14.8 Å². The third-order valence-electron chi connectivity index (χ3n) is 6.98. The van der Waals surface area contributed by atoms with Crippen LogP contribution in [0.3, 0.4) is 0 Å². The van der Waals surface area contributed by atoms with Crippen LogP contribution < -0.4 is 4.74 Å². The van der Waals surface area contributed by atoms with Crippen LogP contribution in [0.15, 0.2) is 54.6 Å². The molecule has 3 aromatic rings. The predicted molar refractivity (Wildman–Crippen MR) is 146 cm³/mol. The number of carbonyl (C=O) groups excluding carboxylic acids is 2. The van der Waals surface area contributed by atoms with Crippen LogP contribution >= 0.6 is 0 Å². The second kappa shape index (κ2) is 11.8. The number of halogens is 3. The zero-order valence-corrected chi connectivity index (χ0v) is 23.3. The van der Waals surface area contributed by atoms with Crippen LogP contribution in [-0.4, -0.2) is 57.4 Å². The van der Waals surface area contributed by atoms with Crippen LogP contribution in [0.25, 0.3) is 10.9 Å². The first-order chi connectivity index (χ1) is 18.8. The molecule has 40 heavy (non-hydrogen) atoms. The minimum Gasteiger partial charge on any atom is -0.444 e. The number of carbonyl (C=O) groups is 2. The highest BCUT2D eigenvalue weighted by molar-refractivity contribution is 5.98. The average molecular weight is 560 g/mol. The van der Waals surface area contributed by atoms with Crippen LogP contribution in [-0.2, 0) is 11.3 Å². The number of aromatic amines is 1. The van der Waals surface area contributed by atoms with E-state index in [0.717, 1.165) is 24.8 Å². The van der Waals surface area contributed by atoms with Crippen LogP contribution in [0.5, 0.6) is 5.75 Å². The molecular formula is C30H36F3N3O4. The van der Waals surface area contributed by atoms with Gasteiger partial charge in [-0.3, -0.25) is 4.79 Å². The molecule has 0 unspecified atom stereocenters. The average Bonchev–Trinajstić information content (AvgIpc) is 3.30.